The Labute approximate surface area is 173 Å². The molecule has 29 heavy (non-hydrogen) atoms. The molecule has 1 saturated carbocycles. The van der Waals surface area contributed by atoms with E-state index in [1.54, 1.807) is 0 Å². The van der Waals surface area contributed by atoms with E-state index in [9.17, 15) is 4.79 Å². The zero-order chi connectivity index (χ0) is 19.9. The molecular formula is C24H31N3O2. The van der Waals surface area contributed by atoms with Gasteiger partial charge in [0.1, 0.15) is 12.4 Å². The van der Waals surface area contributed by atoms with Gasteiger partial charge in [-0.2, -0.15) is 0 Å². The van der Waals surface area contributed by atoms with E-state index in [4.69, 9.17) is 4.74 Å². The molecular weight excluding hydrogens is 362 g/mol. The van der Waals surface area contributed by atoms with Gasteiger partial charge in [-0.3, -0.25) is 14.6 Å². The van der Waals surface area contributed by atoms with Gasteiger partial charge in [0.2, 0.25) is 5.91 Å². The summed E-state index contributed by atoms with van der Waals surface area (Å²) in [7, 11) is 0. The van der Waals surface area contributed by atoms with E-state index >= 15 is 0 Å². The first kappa shape index (κ1) is 19.9. The molecule has 5 heteroatoms. The lowest BCUT2D eigenvalue weighted by atomic mass is 9.96. The Kier molecular flexibility index (Phi) is 6.47. The topological polar surface area (TPSA) is 44.8 Å². The lowest BCUT2D eigenvalue weighted by Gasteiger charge is -2.34. The molecule has 4 rings (SSSR count). The molecule has 2 aliphatic rings. The molecule has 2 fully saturated rings. The number of ether oxygens (including phenoxy) is 1. The largest absolute Gasteiger partial charge is 0.492 e. The molecule has 0 unspecified atom stereocenters. The Bertz CT molecular complexity index is 769. The average molecular weight is 394 g/mol. The van der Waals surface area contributed by atoms with Gasteiger partial charge in [0.05, 0.1) is 6.54 Å². The van der Waals surface area contributed by atoms with E-state index in [0.717, 1.165) is 45.0 Å². The Hall–Kier alpha value is -2.37. The molecule has 1 saturated heterocycles. The minimum absolute atomic E-state index is 0.146. The van der Waals surface area contributed by atoms with Crippen LogP contribution < -0.4 is 10.1 Å². The third-order valence-electron chi connectivity index (χ3n) is 6.12. The molecule has 0 atom stereocenters. The Balaban J connectivity index is 1.12. The second kappa shape index (κ2) is 9.42. The molecule has 154 valence electrons. The summed E-state index contributed by atoms with van der Waals surface area (Å²) in [6.07, 6.45) is 2.34. The SMILES string of the molecule is O=C(CN1CCN(CCOc2ccccc2)CC1)NCC1(c2ccccc2)CC1. The van der Waals surface area contributed by atoms with Crippen LogP contribution in [-0.4, -0.2) is 68.1 Å². The fourth-order valence-electron chi connectivity index (χ4n) is 4.02. The monoisotopic (exact) mass is 393 g/mol. The number of carbonyl (C=O) groups is 1. The van der Waals surface area contributed by atoms with Gasteiger partial charge in [0.25, 0.3) is 0 Å². The molecule has 0 aromatic heterocycles. The lowest BCUT2D eigenvalue weighted by molar-refractivity contribution is -0.122. The zero-order valence-electron chi connectivity index (χ0n) is 17.1. The number of rotatable bonds is 9. The Morgan fingerprint density at radius 3 is 2.17 bits per heavy atom. The van der Waals surface area contributed by atoms with Crippen LogP contribution in [0.3, 0.4) is 0 Å². The van der Waals surface area contributed by atoms with E-state index < -0.39 is 0 Å². The fourth-order valence-corrected chi connectivity index (χ4v) is 4.02. The summed E-state index contributed by atoms with van der Waals surface area (Å²) >= 11 is 0. The summed E-state index contributed by atoms with van der Waals surface area (Å²) in [5.74, 6) is 1.07. The molecule has 2 aromatic carbocycles. The summed E-state index contributed by atoms with van der Waals surface area (Å²) in [4.78, 5) is 17.1. The maximum Gasteiger partial charge on any atom is 0.234 e. The molecule has 1 heterocycles. The standard InChI is InChI=1S/C24H31N3O2/c28-23(25-20-24(11-12-24)21-7-3-1-4-8-21)19-27-15-13-26(14-16-27)17-18-29-22-9-5-2-6-10-22/h1-10H,11-20H2,(H,25,28). The molecule has 0 radical (unpaired) electrons. The van der Waals surface area contributed by atoms with Crippen molar-refractivity contribution in [3.05, 3.63) is 66.2 Å². The third-order valence-corrected chi connectivity index (χ3v) is 6.12. The van der Waals surface area contributed by atoms with E-state index in [1.165, 1.54) is 18.4 Å². The van der Waals surface area contributed by atoms with Crippen molar-refractivity contribution in [2.24, 2.45) is 0 Å². The van der Waals surface area contributed by atoms with Crippen molar-refractivity contribution in [3.63, 3.8) is 0 Å². The summed E-state index contributed by atoms with van der Waals surface area (Å²) in [5, 5.41) is 3.18. The van der Waals surface area contributed by atoms with Crippen molar-refractivity contribution in [2.75, 3.05) is 52.4 Å². The predicted octanol–water partition coefficient (Wildman–Crippen LogP) is 2.53. The summed E-state index contributed by atoms with van der Waals surface area (Å²) in [5.41, 5.74) is 1.53. The average Bonchev–Trinajstić information content (AvgIpc) is 3.56. The van der Waals surface area contributed by atoms with Gasteiger partial charge < -0.3 is 10.1 Å². The Morgan fingerprint density at radius 2 is 1.52 bits per heavy atom. The Morgan fingerprint density at radius 1 is 0.897 bits per heavy atom. The number of nitrogens with zero attached hydrogens (tertiary/aromatic N) is 2. The van der Waals surface area contributed by atoms with Crippen LogP contribution in [0.25, 0.3) is 0 Å². The zero-order valence-corrected chi connectivity index (χ0v) is 17.1. The van der Waals surface area contributed by atoms with Gasteiger partial charge in [-0.1, -0.05) is 48.5 Å². The third kappa shape index (κ3) is 5.58. The number of hydrogen-bond acceptors (Lipinski definition) is 4. The summed E-state index contributed by atoms with van der Waals surface area (Å²) in [6.45, 7) is 6.72. The number of nitrogens with one attached hydrogen (secondary N) is 1. The van der Waals surface area contributed by atoms with Crippen molar-refractivity contribution in [1.29, 1.82) is 0 Å². The van der Waals surface area contributed by atoms with Gasteiger partial charge >= 0.3 is 0 Å². The minimum Gasteiger partial charge on any atom is -0.492 e. The van der Waals surface area contributed by atoms with Crippen LogP contribution in [0.5, 0.6) is 5.75 Å². The van der Waals surface area contributed by atoms with Crippen LogP contribution in [-0.2, 0) is 10.2 Å². The van der Waals surface area contributed by atoms with Gasteiger partial charge in [-0.05, 0) is 30.5 Å². The first-order chi connectivity index (χ1) is 14.2. The van der Waals surface area contributed by atoms with Crippen LogP contribution in [0.4, 0.5) is 0 Å². The molecule has 1 aliphatic carbocycles. The van der Waals surface area contributed by atoms with E-state index in [0.29, 0.717) is 13.2 Å². The van der Waals surface area contributed by atoms with E-state index in [2.05, 4.69) is 39.4 Å². The van der Waals surface area contributed by atoms with Gasteiger partial charge in [0, 0.05) is 44.7 Å². The number of amides is 1. The molecule has 1 N–H and O–H groups in total. The molecule has 0 bridgehead atoms. The van der Waals surface area contributed by atoms with E-state index in [1.807, 2.05) is 36.4 Å². The van der Waals surface area contributed by atoms with Crippen molar-refractivity contribution in [3.8, 4) is 5.75 Å². The van der Waals surface area contributed by atoms with Crippen molar-refractivity contribution in [1.82, 2.24) is 15.1 Å². The normalized spacial score (nSPS) is 18.9. The number of hydrogen-bond donors (Lipinski definition) is 1. The highest BCUT2D eigenvalue weighted by Crippen LogP contribution is 2.47. The molecule has 0 spiro atoms. The highest BCUT2D eigenvalue weighted by molar-refractivity contribution is 5.78. The number of piperazine rings is 1. The molecule has 1 amide bonds. The van der Waals surface area contributed by atoms with E-state index in [-0.39, 0.29) is 11.3 Å². The smallest absolute Gasteiger partial charge is 0.234 e. The molecule has 1 aliphatic heterocycles. The van der Waals surface area contributed by atoms with Crippen LogP contribution in [0, 0.1) is 0 Å². The maximum absolute atomic E-state index is 12.4. The number of carbonyl (C=O) groups excluding carboxylic acids is 1. The quantitative estimate of drug-likeness (QED) is 0.711. The van der Waals surface area contributed by atoms with Gasteiger partial charge in [-0.15, -0.1) is 0 Å². The summed E-state index contributed by atoms with van der Waals surface area (Å²) in [6, 6.07) is 20.5. The van der Waals surface area contributed by atoms with Crippen molar-refractivity contribution in [2.45, 2.75) is 18.3 Å². The molecule has 5 nitrogen and oxygen atoms in total. The van der Waals surface area contributed by atoms with Crippen LogP contribution in [0.2, 0.25) is 0 Å². The van der Waals surface area contributed by atoms with Crippen molar-refractivity contribution < 1.29 is 9.53 Å². The minimum atomic E-state index is 0.146. The van der Waals surface area contributed by atoms with Crippen LogP contribution in [0.15, 0.2) is 60.7 Å². The molecule has 2 aromatic rings. The second-order valence-corrected chi connectivity index (χ2v) is 8.20. The highest BCUT2D eigenvalue weighted by atomic mass is 16.5. The lowest BCUT2D eigenvalue weighted by Crippen LogP contribution is -2.50. The van der Waals surface area contributed by atoms with Gasteiger partial charge in [0.15, 0.2) is 0 Å². The predicted molar refractivity (Wildman–Crippen MR) is 115 cm³/mol. The fraction of sp³-hybridized carbons (Fsp3) is 0.458. The number of para-hydroxylation sites is 1. The summed E-state index contributed by atoms with van der Waals surface area (Å²) < 4.78 is 5.79. The highest BCUT2D eigenvalue weighted by Gasteiger charge is 2.44. The van der Waals surface area contributed by atoms with Gasteiger partial charge in [-0.25, -0.2) is 0 Å². The first-order valence-electron chi connectivity index (χ1n) is 10.7. The van der Waals surface area contributed by atoms with Crippen LogP contribution >= 0.6 is 0 Å². The first-order valence-corrected chi connectivity index (χ1v) is 10.7. The maximum atomic E-state index is 12.4. The second-order valence-electron chi connectivity index (χ2n) is 8.20. The number of benzene rings is 2. The van der Waals surface area contributed by atoms with Crippen LogP contribution in [0.1, 0.15) is 18.4 Å². The van der Waals surface area contributed by atoms with Crippen molar-refractivity contribution >= 4 is 5.91 Å².